The fraction of sp³-hybridized carbons (Fsp3) is 0.800. The zero-order chi connectivity index (χ0) is 7.90. The molecule has 1 spiro atoms. The second-order valence-corrected chi connectivity index (χ2v) is 3.99. The molecule has 1 heterocycles. The summed E-state index contributed by atoms with van der Waals surface area (Å²) in [5.74, 6) is 4.17. The predicted molar refractivity (Wildman–Crippen MR) is 46.1 cm³/mol. The molecule has 0 aromatic heterocycles. The van der Waals surface area contributed by atoms with Gasteiger partial charge in [0.05, 0.1) is 0 Å². The van der Waals surface area contributed by atoms with Gasteiger partial charge in [-0.1, -0.05) is 6.92 Å². The highest BCUT2D eigenvalue weighted by Gasteiger charge is 2.51. The van der Waals surface area contributed by atoms with E-state index in [1.807, 2.05) is 0 Å². The molecule has 11 heavy (non-hydrogen) atoms. The summed E-state index contributed by atoms with van der Waals surface area (Å²) in [6.07, 6.45) is 9.36. The molecule has 0 aromatic carbocycles. The molecule has 1 N–H and O–H groups in total. The number of terminal acetylenes is 1. The summed E-state index contributed by atoms with van der Waals surface area (Å²) in [5.41, 5.74) is 0.381. The number of hydrogen-bond donors (Lipinski definition) is 1. The van der Waals surface area contributed by atoms with Gasteiger partial charge < -0.3 is 5.32 Å². The maximum absolute atomic E-state index is 5.52. The fourth-order valence-electron chi connectivity index (χ4n) is 2.32. The molecule has 1 aliphatic carbocycles. The van der Waals surface area contributed by atoms with Crippen molar-refractivity contribution >= 4 is 0 Å². The van der Waals surface area contributed by atoms with Crippen LogP contribution in [0, 0.1) is 24.2 Å². The first-order valence-electron chi connectivity index (χ1n) is 4.50. The third-order valence-corrected chi connectivity index (χ3v) is 3.21. The average molecular weight is 149 g/mol. The minimum absolute atomic E-state index is 0.381. The molecule has 0 bridgehead atoms. The quantitative estimate of drug-likeness (QED) is 0.513. The van der Waals surface area contributed by atoms with Gasteiger partial charge in [0.25, 0.3) is 0 Å². The number of rotatable bonds is 0. The molecular weight excluding hydrogens is 134 g/mol. The maximum atomic E-state index is 5.52. The molecule has 1 nitrogen and oxygen atoms in total. The first-order valence-corrected chi connectivity index (χ1v) is 4.50. The van der Waals surface area contributed by atoms with Crippen LogP contribution in [0.5, 0.6) is 0 Å². The first kappa shape index (κ1) is 7.18. The van der Waals surface area contributed by atoms with E-state index in [0.29, 0.717) is 11.5 Å². The lowest BCUT2D eigenvalue weighted by molar-refractivity contribution is 0.239. The van der Waals surface area contributed by atoms with E-state index >= 15 is 0 Å². The van der Waals surface area contributed by atoms with Crippen molar-refractivity contribution in [1.29, 1.82) is 0 Å². The van der Waals surface area contributed by atoms with Crippen LogP contribution < -0.4 is 5.32 Å². The van der Waals surface area contributed by atoms with Crippen molar-refractivity contribution in [2.45, 2.75) is 31.7 Å². The molecule has 1 saturated heterocycles. The Morgan fingerprint density at radius 2 is 2.27 bits per heavy atom. The van der Waals surface area contributed by atoms with Crippen LogP contribution in [0.1, 0.15) is 26.2 Å². The summed E-state index contributed by atoms with van der Waals surface area (Å²) < 4.78 is 0. The number of piperidine rings is 1. The predicted octanol–water partition coefficient (Wildman–Crippen LogP) is 1.40. The van der Waals surface area contributed by atoms with Crippen LogP contribution in [-0.2, 0) is 0 Å². The van der Waals surface area contributed by atoms with Gasteiger partial charge in [0.1, 0.15) is 0 Å². The van der Waals surface area contributed by atoms with Crippen LogP contribution in [0.25, 0.3) is 0 Å². The summed E-state index contributed by atoms with van der Waals surface area (Å²) >= 11 is 0. The second kappa shape index (κ2) is 2.25. The normalized spacial score (nSPS) is 40.0. The van der Waals surface area contributed by atoms with E-state index in [-0.39, 0.29) is 0 Å². The van der Waals surface area contributed by atoms with Crippen LogP contribution in [-0.4, -0.2) is 12.1 Å². The fourth-order valence-corrected chi connectivity index (χ4v) is 2.32. The van der Waals surface area contributed by atoms with Gasteiger partial charge in [0.15, 0.2) is 0 Å². The lowest BCUT2D eigenvalue weighted by Crippen LogP contribution is -2.46. The monoisotopic (exact) mass is 149 g/mol. The third-order valence-electron chi connectivity index (χ3n) is 3.21. The Bertz CT molecular complexity index is 197. The molecule has 1 saturated carbocycles. The molecule has 0 radical (unpaired) electrons. The lowest BCUT2D eigenvalue weighted by atomic mass is 9.81. The molecule has 2 atom stereocenters. The molecule has 2 rings (SSSR count). The van der Waals surface area contributed by atoms with E-state index in [2.05, 4.69) is 18.2 Å². The van der Waals surface area contributed by atoms with E-state index in [0.717, 1.165) is 5.92 Å². The number of nitrogens with one attached hydrogen (secondary N) is 1. The summed E-state index contributed by atoms with van der Waals surface area (Å²) in [7, 11) is 0. The van der Waals surface area contributed by atoms with Gasteiger partial charge in [0, 0.05) is 11.5 Å². The van der Waals surface area contributed by atoms with E-state index in [9.17, 15) is 0 Å². The molecule has 1 heteroatoms. The highest BCUT2D eigenvalue weighted by Crippen LogP contribution is 2.47. The van der Waals surface area contributed by atoms with Gasteiger partial charge in [-0.05, 0) is 31.7 Å². The van der Waals surface area contributed by atoms with Crippen molar-refractivity contribution < 1.29 is 0 Å². The molecular formula is C10H15N. The van der Waals surface area contributed by atoms with Crippen LogP contribution in [0.3, 0.4) is 0 Å². The van der Waals surface area contributed by atoms with Crippen LogP contribution in [0.4, 0.5) is 0 Å². The van der Waals surface area contributed by atoms with Crippen molar-refractivity contribution in [3.05, 3.63) is 0 Å². The molecule has 2 aliphatic rings. The summed E-state index contributed by atoms with van der Waals surface area (Å²) in [4.78, 5) is 0. The van der Waals surface area contributed by atoms with E-state index < -0.39 is 0 Å². The highest BCUT2D eigenvalue weighted by atomic mass is 15.0. The maximum Gasteiger partial charge on any atom is 0.0408 e. The molecule has 1 aliphatic heterocycles. The van der Waals surface area contributed by atoms with Crippen molar-refractivity contribution in [3.8, 4) is 12.3 Å². The summed E-state index contributed by atoms with van der Waals surface area (Å²) in [6, 6.07) is 0. The van der Waals surface area contributed by atoms with Gasteiger partial charge in [-0.25, -0.2) is 0 Å². The van der Waals surface area contributed by atoms with Crippen molar-refractivity contribution in [1.82, 2.24) is 5.32 Å². The zero-order valence-corrected chi connectivity index (χ0v) is 7.06. The molecule has 60 valence electrons. The first-order chi connectivity index (χ1) is 5.28. The van der Waals surface area contributed by atoms with Gasteiger partial charge in [-0.15, -0.1) is 12.3 Å². The Labute approximate surface area is 68.6 Å². The summed E-state index contributed by atoms with van der Waals surface area (Å²) in [6.45, 7) is 3.45. The Morgan fingerprint density at radius 1 is 1.55 bits per heavy atom. The average Bonchev–Trinajstić information content (AvgIpc) is 2.70. The second-order valence-electron chi connectivity index (χ2n) is 3.99. The van der Waals surface area contributed by atoms with Crippen molar-refractivity contribution in [2.24, 2.45) is 11.8 Å². The SMILES string of the molecule is C#C[C@@H]1[C@@H](C)CCNC12CC2. The van der Waals surface area contributed by atoms with E-state index in [4.69, 9.17) is 6.42 Å². The topological polar surface area (TPSA) is 12.0 Å². The minimum atomic E-state index is 0.381. The van der Waals surface area contributed by atoms with Crippen molar-refractivity contribution in [2.75, 3.05) is 6.54 Å². The Morgan fingerprint density at radius 3 is 2.73 bits per heavy atom. The minimum Gasteiger partial charge on any atom is -0.310 e. The Kier molecular flexibility index (Phi) is 1.47. The van der Waals surface area contributed by atoms with Crippen LogP contribution >= 0.6 is 0 Å². The van der Waals surface area contributed by atoms with Gasteiger partial charge in [-0.3, -0.25) is 0 Å². The van der Waals surface area contributed by atoms with E-state index in [1.54, 1.807) is 0 Å². The lowest BCUT2D eigenvalue weighted by Gasteiger charge is -2.34. The van der Waals surface area contributed by atoms with Crippen LogP contribution in [0.15, 0.2) is 0 Å². The Hall–Kier alpha value is -0.480. The smallest absolute Gasteiger partial charge is 0.0408 e. The number of hydrogen-bond acceptors (Lipinski definition) is 1. The molecule has 0 aromatic rings. The largest absolute Gasteiger partial charge is 0.310 e. The van der Waals surface area contributed by atoms with E-state index in [1.165, 1.54) is 25.8 Å². The molecule has 0 amide bonds. The zero-order valence-electron chi connectivity index (χ0n) is 7.06. The highest BCUT2D eigenvalue weighted by molar-refractivity contribution is 5.19. The third kappa shape index (κ3) is 0.973. The van der Waals surface area contributed by atoms with Gasteiger partial charge in [-0.2, -0.15) is 0 Å². The van der Waals surface area contributed by atoms with Crippen molar-refractivity contribution in [3.63, 3.8) is 0 Å². The molecule has 0 unspecified atom stereocenters. The van der Waals surface area contributed by atoms with Crippen LogP contribution in [0.2, 0.25) is 0 Å². The summed E-state index contributed by atoms with van der Waals surface area (Å²) in [5, 5.41) is 3.56. The molecule has 2 fully saturated rings. The van der Waals surface area contributed by atoms with Gasteiger partial charge >= 0.3 is 0 Å². The standard InChI is InChI=1S/C10H15N/c1-3-9-8(2)4-7-11-10(9)5-6-10/h1,8-9,11H,4-7H2,2H3/t8-,9+/m0/s1. The Balaban J connectivity index is 2.15. The van der Waals surface area contributed by atoms with Gasteiger partial charge in [0.2, 0.25) is 0 Å².